The molecule has 29 heavy (non-hydrogen) atoms. The van der Waals surface area contributed by atoms with E-state index in [1.165, 1.54) is 30.5 Å². The lowest BCUT2D eigenvalue weighted by Crippen LogP contribution is -2.27. The first-order chi connectivity index (χ1) is 14.0. The van der Waals surface area contributed by atoms with Gasteiger partial charge in [0.1, 0.15) is 11.5 Å². The third-order valence-electron chi connectivity index (χ3n) is 4.17. The molecule has 0 saturated heterocycles. The van der Waals surface area contributed by atoms with Crippen molar-refractivity contribution in [3.63, 3.8) is 0 Å². The lowest BCUT2D eigenvalue weighted by Gasteiger charge is -2.16. The average molecular weight is 401 g/mol. The molecule has 0 spiro atoms. The van der Waals surface area contributed by atoms with E-state index in [2.05, 4.69) is 40.7 Å². The summed E-state index contributed by atoms with van der Waals surface area (Å²) in [4.78, 5) is 14.9. The number of halogens is 1. The van der Waals surface area contributed by atoms with E-state index in [9.17, 15) is 9.18 Å². The summed E-state index contributed by atoms with van der Waals surface area (Å²) in [5, 5.41) is 19.2. The molecule has 1 aromatic carbocycles. The Hall–Kier alpha value is -3.67. The highest BCUT2D eigenvalue weighted by Crippen LogP contribution is 2.17. The highest BCUT2D eigenvalue weighted by molar-refractivity contribution is 5.95. The van der Waals surface area contributed by atoms with E-state index in [0.29, 0.717) is 17.8 Å². The van der Waals surface area contributed by atoms with E-state index in [0.717, 1.165) is 17.8 Å². The Bertz CT molecular complexity index is 993. The lowest BCUT2D eigenvalue weighted by atomic mass is 10.2. The second kappa shape index (κ2) is 9.01. The quantitative estimate of drug-likeness (QED) is 0.420. The second-order valence-corrected chi connectivity index (χ2v) is 5.98. The Kier molecular flexibility index (Phi) is 6.24. The van der Waals surface area contributed by atoms with E-state index in [1.807, 2.05) is 13.8 Å². The van der Waals surface area contributed by atoms with Gasteiger partial charge in [-0.1, -0.05) is 31.2 Å². The van der Waals surface area contributed by atoms with E-state index >= 15 is 0 Å². The van der Waals surface area contributed by atoms with E-state index in [4.69, 9.17) is 5.73 Å². The monoisotopic (exact) mass is 401 g/mol. The van der Waals surface area contributed by atoms with Crippen LogP contribution in [-0.2, 0) is 6.54 Å². The molecule has 12 heteroatoms. The van der Waals surface area contributed by atoms with Gasteiger partial charge in [-0.05, 0) is 41.1 Å². The fourth-order valence-corrected chi connectivity index (χ4v) is 2.56. The molecule has 0 fully saturated rings. The summed E-state index contributed by atoms with van der Waals surface area (Å²) in [6.07, 6.45) is 1.39. The minimum absolute atomic E-state index is 0.0341. The number of amides is 1. The number of hydrogen-bond acceptors (Lipinski definition) is 9. The highest BCUT2D eigenvalue weighted by Gasteiger charge is 2.25. The summed E-state index contributed by atoms with van der Waals surface area (Å²) >= 11 is 0. The Morgan fingerprint density at radius 3 is 2.66 bits per heavy atom. The number of carbonyl (C=O) groups excluding carboxylic acids is 1. The summed E-state index contributed by atoms with van der Waals surface area (Å²) in [5.74, 6) is -0.914. The standard InChI is InChI=1S/C17H20FN9O2/c1-3-26(4-2)10-13-14(27(25-21-13)16-15(19)23-29-24-16)17(28)22-20-9-11-5-7-12(18)8-6-11/h5-9H,3-4,10H2,1-2H3,(H2,19,23)(H,22,28)/b20-9+. The first-order valence-electron chi connectivity index (χ1n) is 8.87. The molecule has 0 saturated carbocycles. The summed E-state index contributed by atoms with van der Waals surface area (Å²) in [6.45, 7) is 5.92. The van der Waals surface area contributed by atoms with Gasteiger partial charge in [0.15, 0.2) is 5.69 Å². The van der Waals surface area contributed by atoms with Crippen molar-refractivity contribution >= 4 is 17.9 Å². The molecular weight excluding hydrogens is 381 g/mol. The molecule has 152 valence electrons. The number of aromatic nitrogens is 5. The average Bonchev–Trinajstić information content (AvgIpc) is 3.33. The largest absolute Gasteiger partial charge is 0.378 e. The topological polar surface area (TPSA) is 140 Å². The predicted molar refractivity (Wildman–Crippen MR) is 102 cm³/mol. The van der Waals surface area contributed by atoms with Gasteiger partial charge in [0.25, 0.3) is 5.91 Å². The fourth-order valence-electron chi connectivity index (χ4n) is 2.56. The van der Waals surface area contributed by atoms with E-state index < -0.39 is 5.91 Å². The van der Waals surface area contributed by atoms with Crippen LogP contribution in [0.4, 0.5) is 10.2 Å². The van der Waals surface area contributed by atoms with Crippen LogP contribution in [0.1, 0.15) is 35.6 Å². The van der Waals surface area contributed by atoms with Crippen molar-refractivity contribution in [3.8, 4) is 5.82 Å². The molecule has 2 aromatic heterocycles. The van der Waals surface area contributed by atoms with E-state index in [-0.39, 0.29) is 23.1 Å². The van der Waals surface area contributed by atoms with Gasteiger partial charge in [-0.2, -0.15) is 9.78 Å². The first kappa shape index (κ1) is 20.1. The van der Waals surface area contributed by atoms with Gasteiger partial charge >= 0.3 is 0 Å². The zero-order valence-electron chi connectivity index (χ0n) is 15.9. The zero-order valence-corrected chi connectivity index (χ0v) is 15.9. The lowest BCUT2D eigenvalue weighted by molar-refractivity contribution is 0.0945. The third kappa shape index (κ3) is 4.60. The van der Waals surface area contributed by atoms with Crippen LogP contribution in [0.3, 0.4) is 0 Å². The molecular formula is C17H20FN9O2. The maximum atomic E-state index is 13.0. The molecule has 3 rings (SSSR count). The molecule has 0 aliphatic heterocycles. The van der Waals surface area contributed by atoms with Crippen LogP contribution >= 0.6 is 0 Å². The maximum Gasteiger partial charge on any atom is 0.292 e. The van der Waals surface area contributed by atoms with Crippen LogP contribution in [0.2, 0.25) is 0 Å². The summed E-state index contributed by atoms with van der Waals surface area (Å²) in [7, 11) is 0. The molecule has 0 unspecified atom stereocenters. The molecule has 1 amide bonds. The molecule has 0 aliphatic rings. The number of hydrogen-bond donors (Lipinski definition) is 2. The Balaban J connectivity index is 1.87. The number of nitrogens with zero attached hydrogens (tertiary/aromatic N) is 7. The van der Waals surface area contributed by atoms with E-state index in [1.54, 1.807) is 0 Å². The van der Waals surface area contributed by atoms with Crippen LogP contribution < -0.4 is 11.2 Å². The third-order valence-corrected chi connectivity index (χ3v) is 4.17. The summed E-state index contributed by atoms with van der Waals surface area (Å²) in [6, 6.07) is 5.66. The number of anilines is 1. The van der Waals surface area contributed by atoms with Gasteiger partial charge in [-0.25, -0.2) is 14.4 Å². The second-order valence-electron chi connectivity index (χ2n) is 5.98. The molecule has 2 heterocycles. The highest BCUT2D eigenvalue weighted by atomic mass is 19.1. The SMILES string of the molecule is CCN(CC)Cc1nnn(-c2nonc2N)c1C(=O)N/N=C/c1ccc(F)cc1. The number of nitrogens with two attached hydrogens (primary N) is 1. The molecule has 0 aliphatic carbocycles. The minimum Gasteiger partial charge on any atom is -0.378 e. The van der Waals surface area contributed by atoms with Gasteiger partial charge < -0.3 is 5.73 Å². The number of rotatable bonds is 8. The number of nitrogens with one attached hydrogen (secondary N) is 1. The molecule has 11 nitrogen and oxygen atoms in total. The zero-order chi connectivity index (χ0) is 20.8. The van der Waals surface area contributed by atoms with Crippen molar-refractivity contribution in [2.75, 3.05) is 18.8 Å². The van der Waals surface area contributed by atoms with Crippen LogP contribution in [-0.4, -0.2) is 55.4 Å². The first-order valence-corrected chi connectivity index (χ1v) is 8.87. The number of nitrogen functional groups attached to an aromatic ring is 1. The van der Waals surface area contributed by atoms with Crippen LogP contribution in [0.5, 0.6) is 0 Å². The van der Waals surface area contributed by atoms with Crippen LogP contribution in [0, 0.1) is 5.82 Å². The van der Waals surface area contributed by atoms with Gasteiger partial charge in [0, 0.05) is 6.54 Å². The molecule has 3 N–H and O–H groups in total. The Morgan fingerprint density at radius 1 is 1.31 bits per heavy atom. The fraction of sp³-hybridized carbons (Fsp3) is 0.294. The summed E-state index contributed by atoms with van der Waals surface area (Å²) < 4.78 is 18.7. The summed E-state index contributed by atoms with van der Waals surface area (Å²) in [5.41, 5.74) is 9.30. The molecule has 3 aromatic rings. The van der Waals surface area contributed by atoms with Crippen molar-refractivity contribution < 1.29 is 13.8 Å². The molecule has 0 radical (unpaired) electrons. The van der Waals surface area contributed by atoms with Crippen LogP contribution in [0.25, 0.3) is 5.82 Å². The number of hydrazone groups is 1. The number of benzene rings is 1. The maximum absolute atomic E-state index is 13.0. The predicted octanol–water partition coefficient (Wildman–Crippen LogP) is 0.977. The van der Waals surface area contributed by atoms with Gasteiger partial charge in [0.2, 0.25) is 11.6 Å². The van der Waals surface area contributed by atoms with Crippen molar-refractivity contribution in [1.29, 1.82) is 0 Å². The Labute approximate surface area is 165 Å². The van der Waals surface area contributed by atoms with Crippen molar-refractivity contribution in [2.45, 2.75) is 20.4 Å². The Morgan fingerprint density at radius 2 is 2.03 bits per heavy atom. The minimum atomic E-state index is -0.571. The number of carbonyl (C=O) groups is 1. The van der Waals surface area contributed by atoms with Crippen LogP contribution in [0.15, 0.2) is 34.0 Å². The van der Waals surface area contributed by atoms with Gasteiger partial charge in [-0.15, -0.1) is 5.10 Å². The van der Waals surface area contributed by atoms with Crippen molar-refractivity contribution in [2.24, 2.45) is 5.10 Å². The van der Waals surface area contributed by atoms with Crippen molar-refractivity contribution in [1.82, 2.24) is 35.6 Å². The smallest absolute Gasteiger partial charge is 0.292 e. The molecule has 0 bridgehead atoms. The van der Waals surface area contributed by atoms with Crippen molar-refractivity contribution in [3.05, 3.63) is 47.0 Å². The van der Waals surface area contributed by atoms with Gasteiger partial charge in [0.05, 0.1) is 6.21 Å². The normalized spacial score (nSPS) is 11.4. The molecule has 0 atom stereocenters. The van der Waals surface area contributed by atoms with Gasteiger partial charge in [-0.3, -0.25) is 9.69 Å².